The molecule has 2 fully saturated rings. The highest BCUT2D eigenvalue weighted by Gasteiger charge is 2.52. The summed E-state index contributed by atoms with van der Waals surface area (Å²) in [6.45, 7) is 1.37. The highest BCUT2D eigenvalue weighted by Crippen LogP contribution is 2.41. The van der Waals surface area contributed by atoms with Crippen molar-refractivity contribution in [3.63, 3.8) is 0 Å². The van der Waals surface area contributed by atoms with Crippen LogP contribution < -0.4 is 4.74 Å². The van der Waals surface area contributed by atoms with E-state index in [9.17, 15) is 34.1 Å². The molecule has 1 aromatic heterocycles. The zero-order chi connectivity index (χ0) is 29.3. The van der Waals surface area contributed by atoms with E-state index in [0.717, 1.165) is 28.6 Å². The van der Waals surface area contributed by atoms with Gasteiger partial charge < -0.3 is 4.74 Å². The molecule has 41 heavy (non-hydrogen) atoms. The molecule has 3 atom stereocenters. The van der Waals surface area contributed by atoms with E-state index < -0.39 is 52.8 Å². The molecule has 0 bridgehead atoms. The average Bonchev–Trinajstić information content (AvgIpc) is 3.59. The number of carbonyl (C=O) groups excluding carboxylic acids is 5. The monoisotopic (exact) mass is 575 g/mol. The van der Waals surface area contributed by atoms with Gasteiger partial charge >= 0.3 is 5.97 Å². The molecule has 12 heteroatoms. The summed E-state index contributed by atoms with van der Waals surface area (Å²) in [4.78, 5) is 76.9. The van der Waals surface area contributed by atoms with Crippen LogP contribution in [0, 0.1) is 27.9 Å². The first-order chi connectivity index (χ1) is 19.6. The molecular weight excluding hydrogens is 550 g/mol. The predicted molar refractivity (Wildman–Crippen MR) is 146 cm³/mol. The van der Waals surface area contributed by atoms with Crippen LogP contribution in [0.3, 0.4) is 0 Å². The van der Waals surface area contributed by atoms with Crippen LogP contribution in [0.15, 0.2) is 66.0 Å². The quantitative estimate of drug-likeness (QED) is 0.0951. The van der Waals surface area contributed by atoms with E-state index >= 15 is 0 Å². The van der Waals surface area contributed by atoms with Crippen molar-refractivity contribution in [2.24, 2.45) is 17.8 Å². The molecule has 5 rings (SSSR count). The second-order valence-electron chi connectivity index (χ2n) is 10.1. The van der Waals surface area contributed by atoms with Gasteiger partial charge in [-0.25, -0.2) is 9.80 Å². The maximum atomic E-state index is 13.6. The van der Waals surface area contributed by atoms with E-state index in [4.69, 9.17) is 4.74 Å². The lowest BCUT2D eigenvalue weighted by atomic mass is 9.76. The van der Waals surface area contributed by atoms with Gasteiger partial charge in [0.1, 0.15) is 17.2 Å². The van der Waals surface area contributed by atoms with Gasteiger partial charge in [-0.1, -0.05) is 13.0 Å². The number of hydrogen-bond donors (Lipinski definition) is 0. The normalized spacial score (nSPS) is 19.9. The maximum absolute atomic E-state index is 13.6. The van der Waals surface area contributed by atoms with Crippen LogP contribution in [-0.4, -0.2) is 51.0 Å². The van der Waals surface area contributed by atoms with Crippen molar-refractivity contribution in [3.8, 4) is 5.75 Å². The van der Waals surface area contributed by atoms with Gasteiger partial charge in [0, 0.05) is 23.3 Å². The number of nitrogens with zero attached hydrogens (tertiary/aromatic N) is 3. The minimum absolute atomic E-state index is 0.0249. The first kappa shape index (κ1) is 27.8. The molecule has 0 spiro atoms. The highest BCUT2D eigenvalue weighted by atomic mass is 32.1. The van der Waals surface area contributed by atoms with Gasteiger partial charge in [-0.2, -0.15) is 5.01 Å². The Morgan fingerprint density at radius 3 is 2.27 bits per heavy atom. The minimum Gasteiger partial charge on any atom is -0.422 e. The molecule has 0 N–H and O–H groups in total. The van der Waals surface area contributed by atoms with Crippen molar-refractivity contribution >= 4 is 46.5 Å². The van der Waals surface area contributed by atoms with E-state index in [0.29, 0.717) is 17.7 Å². The van der Waals surface area contributed by atoms with Crippen LogP contribution in [0.5, 0.6) is 5.75 Å². The lowest BCUT2D eigenvalue weighted by Crippen LogP contribution is -2.52. The molecular formula is C29H25N3O8S. The Bertz CT molecular complexity index is 1520. The van der Waals surface area contributed by atoms with E-state index in [2.05, 4.69) is 0 Å². The Balaban J connectivity index is 1.40. The summed E-state index contributed by atoms with van der Waals surface area (Å²) in [5.41, 5.74) is -0.104. The topological polar surface area (TPSA) is 144 Å². The zero-order valence-electron chi connectivity index (χ0n) is 21.9. The maximum Gasteiger partial charge on any atom is 0.353 e. The summed E-state index contributed by atoms with van der Waals surface area (Å²) in [5.74, 6) is -3.70. The number of hydrogen-bond acceptors (Lipinski definition) is 9. The number of amides is 3. The summed E-state index contributed by atoms with van der Waals surface area (Å²) in [5, 5.41) is 14.4. The van der Waals surface area contributed by atoms with Crippen molar-refractivity contribution in [2.75, 3.05) is 6.54 Å². The number of Topliss-reactive ketones (excluding diaryl/α,β-unsaturated/α-hetero) is 1. The lowest BCUT2D eigenvalue weighted by Gasteiger charge is -2.30. The molecule has 1 aliphatic carbocycles. The summed E-state index contributed by atoms with van der Waals surface area (Å²) in [6, 6.07) is 13.8. The SMILES string of the molecule is C[C@@H]1CC[C@@H]2C(=O)N(N(CC(=O)c3ccc(OC(=O)c4cccs4)cc3)C(=O)c3ccc([N+](=O)[O-])cc3)C(=O)[C@H]2C1. The third-order valence-corrected chi connectivity index (χ3v) is 8.22. The number of ketones is 1. The number of ether oxygens (including phenoxy) is 1. The van der Waals surface area contributed by atoms with Crippen LogP contribution in [0.1, 0.15) is 56.6 Å². The number of benzene rings is 2. The van der Waals surface area contributed by atoms with E-state index in [1.165, 1.54) is 47.7 Å². The van der Waals surface area contributed by atoms with Crippen molar-refractivity contribution in [3.05, 3.63) is 92.2 Å². The molecule has 1 saturated carbocycles. The van der Waals surface area contributed by atoms with E-state index in [1.807, 2.05) is 6.92 Å². The van der Waals surface area contributed by atoms with Gasteiger partial charge in [0.15, 0.2) is 5.78 Å². The molecule has 1 saturated heterocycles. The standard InChI is InChI=1S/C29H25N3O8S/c1-17-4-13-22-23(15-17)28(36)31(27(22)35)30(26(34)19-5-9-20(10-6-19)32(38)39)16-24(33)18-7-11-21(12-8-18)40-29(37)25-3-2-14-41-25/h2-3,5-12,14,17,22-23H,4,13,15-16H2,1H3/t17-,22+,23+/m1/s1. The van der Waals surface area contributed by atoms with Crippen LogP contribution in [-0.2, 0) is 9.59 Å². The van der Waals surface area contributed by atoms with Gasteiger partial charge in [0.25, 0.3) is 23.4 Å². The Hall–Kier alpha value is -4.71. The van der Waals surface area contributed by atoms with Crippen molar-refractivity contribution in [1.29, 1.82) is 0 Å². The lowest BCUT2D eigenvalue weighted by molar-refractivity contribution is -0.384. The molecule has 3 aromatic rings. The molecule has 0 unspecified atom stereocenters. The smallest absolute Gasteiger partial charge is 0.353 e. The Morgan fingerprint density at radius 2 is 1.63 bits per heavy atom. The zero-order valence-corrected chi connectivity index (χ0v) is 22.7. The second-order valence-corrected chi connectivity index (χ2v) is 11.0. The molecule has 210 valence electrons. The van der Waals surface area contributed by atoms with Crippen LogP contribution >= 0.6 is 11.3 Å². The van der Waals surface area contributed by atoms with Crippen molar-refractivity contribution in [1.82, 2.24) is 10.0 Å². The van der Waals surface area contributed by atoms with Gasteiger partial charge in [0.2, 0.25) is 0 Å². The van der Waals surface area contributed by atoms with Gasteiger partial charge in [-0.05, 0) is 73.0 Å². The van der Waals surface area contributed by atoms with Crippen LogP contribution in [0.4, 0.5) is 5.69 Å². The number of hydrazine groups is 1. The third-order valence-electron chi connectivity index (χ3n) is 7.37. The molecule has 11 nitrogen and oxygen atoms in total. The fraction of sp³-hybridized carbons (Fsp3) is 0.276. The third kappa shape index (κ3) is 5.64. The Kier molecular flexibility index (Phi) is 7.75. The largest absolute Gasteiger partial charge is 0.422 e. The first-order valence-corrected chi connectivity index (χ1v) is 13.8. The number of esters is 1. The number of nitro groups is 1. The molecule has 2 aromatic carbocycles. The first-order valence-electron chi connectivity index (χ1n) is 13.0. The number of nitro benzene ring substituents is 1. The number of thiophene rings is 1. The fourth-order valence-corrected chi connectivity index (χ4v) is 5.81. The number of non-ortho nitro benzene ring substituents is 1. The van der Waals surface area contributed by atoms with Gasteiger partial charge in [-0.15, -0.1) is 11.3 Å². The molecule has 2 heterocycles. The van der Waals surface area contributed by atoms with E-state index in [1.54, 1.807) is 17.5 Å². The number of carbonyl (C=O) groups is 5. The van der Waals surface area contributed by atoms with Gasteiger partial charge in [0.05, 0.1) is 16.8 Å². The number of rotatable bonds is 8. The fourth-order valence-electron chi connectivity index (χ4n) is 5.21. The predicted octanol–water partition coefficient (Wildman–Crippen LogP) is 4.54. The summed E-state index contributed by atoms with van der Waals surface area (Å²) in [7, 11) is 0. The van der Waals surface area contributed by atoms with Gasteiger partial charge in [-0.3, -0.25) is 29.3 Å². The highest BCUT2D eigenvalue weighted by molar-refractivity contribution is 7.12. The van der Waals surface area contributed by atoms with Crippen molar-refractivity contribution in [2.45, 2.75) is 26.2 Å². The molecule has 1 aliphatic heterocycles. The summed E-state index contributed by atoms with van der Waals surface area (Å²) in [6.07, 6.45) is 1.78. The Morgan fingerprint density at radius 1 is 0.976 bits per heavy atom. The number of fused-ring (bicyclic) bond motifs is 1. The average molecular weight is 576 g/mol. The van der Waals surface area contributed by atoms with Crippen LogP contribution in [0.25, 0.3) is 0 Å². The minimum atomic E-state index is -0.817. The second kappa shape index (κ2) is 11.4. The number of imide groups is 1. The molecule has 2 aliphatic rings. The van der Waals surface area contributed by atoms with Crippen LogP contribution in [0.2, 0.25) is 0 Å². The Labute approximate surface area is 238 Å². The summed E-state index contributed by atoms with van der Waals surface area (Å²) < 4.78 is 5.32. The van der Waals surface area contributed by atoms with E-state index in [-0.39, 0.29) is 28.5 Å². The van der Waals surface area contributed by atoms with Crippen molar-refractivity contribution < 1.29 is 33.6 Å². The molecule has 3 amide bonds. The summed E-state index contributed by atoms with van der Waals surface area (Å²) >= 11 is 1.23. The molecule has 0 radical (unpaired) electrons.